The lowest BCUT2D eigenvalue weighted by molar-refractivity contribution is 0.0393. The summed E-state index contributed by atoms with van der Waals surface area (Å²) in [4.78, 5) is 0. The zero-order valence-corrected chi connectivity index (χ0v) is 15.9. The normalized spacial score (nSPS) is 12.7. The zero-order valence-electron chi connectivity index (χ0n) is 15.1. The second-order valence-corrected chi connectivity index (χ2v) is 7.35. The fourth-order valence-corrected chi connectivity index (χ4v) is 3.63. The van der Waals surface area contributed by atoms with Gasteiger partial charge < -0.3 is 9.84 Å². The second kappa shape index (κ2) is 9.59. The molecule has 1 aromatic rings. The van der Waals surface area contributed by atoms with E-state index in [4.69, 9.17) is 4.74 Å². The van der Waals surface area contributed by atoms with E-state index < -0.39 is 0 Å². The van der Waals surface area contributed by atoms with Crippen LogP contribution in [0.15, 0.2) is 0 Å². The van der Waals surface area contributed by atoms with Crippen molar-refractivity contribution in [3.8, 4) is 0 Å². The fraction of sp³-hybridized carbons (Fsp3) is 0.684. The van der Waals surface area contributed by atoms with Gasteiger partial charge in [0.05, 0.1) is 19.3 Å². The predicted octanol–water partition coefficient (Wildman–Crippen LogP) is 4.64. The van der Waals surface area contributed by atoms with Crippen LogP contribution < -0.4 is 0 Å². The first kappa shape index (κ1) is 19.5. The summed E-state index contributed by atoms with van der Waals surface area (Å²) in [5, 5.41) is 9.97. The Balaban J connectivity index is 2.52. The number of aliphatic hydroxyl groups is 1. The first-order chi connectivity index (χ1) is 10.4. The number of unbranched alkanes of at least 4 members (excludes halogenated alkanes) is 1. The molecule has 0 saturated carbocycles. The van der Waals surface area contributed by atoms with Crippen molar-refractivity contribution in [2.75, 3.05) is 18.1 Å². The summed E-state index contributed by atoms with van der Waals surface area (Å²) in [7, 11) is 0. The summed E-state index contributed by atoms with van der Waals surface area (Å²) in [6.45, 7) is 14.1. The van der Waals surface area contributed by atoms with Gasteiger partial charge in [0.1, 0.15) is 0 Å². The number of hydrogen-bond donors (Lipinski definition) is 1. The van der Waals surface area contributed by atoms with Crippen LogP contribution in [0, 0.1) is 34.6 Å². The van der Waals surface area contributed by atoms with Crippen molar-refractivity contribution in [3.63, 3.8) is 0 Å². The highest BCUT2D eigenvalue weighted by atomic mass is 32.2. The number of hydrogen-bond acceptors (Lipinski definition) is 3. The molecule has 0 radical (unpaired) electrons. The molecule has 0 aromatic heterocycles. The maximum atomic E-state index is 9.97. The molecular weight excluding hydrogens is 292 g/mol. The molecule has 0 bridgehead atoms. The molecule has 0 aliphatic rings. The minimum absolute atomic E-state index is 0.366. The third kappa shape index (κ3) is 5.29. The lowest BCUT2D eigenvalue weighted by Gasteiger charge is -2.19. The third-order valence-corrected chi connectivity index (χ3v) is 5.86. The van der Waals surface area contributed by atoms with Gasteiger partial charge in [-0.1, -0.05) is 13.3 Å². The van der Waals surface area contributed by atoms with Crippen molar-refractivity contribution >= 4 is 11.8 Å². The Morgan fingerprint density at radius 2 is 1.50 bits per heavy atom. The lowest BCUT2D eigenvalue weighted by atomic mass is 9.90. The van der Waals surface area contributed by atoms with E-state index in [-0.39, 0.29) is 6.10 Å². The van der Waals surface area contributed by atoms with Crippen LogP contribution in [0.1, 0.15) is 53.1 Å². The van der Waals surface area contributed by atoms with Gasteiger partial charge in [-0.3, -0.25) is 0 Å². The van der Waals surface area contributed by atoms with Crippen molar-refractivity contribution in [1.29, 1.82) is 0 Å². The molecule has 0 fully saturated rings. The van der Waals surface area contributed by atoms with E-state index in [9.17, 15) is 5.11 Å². The molecule has 22 heavy (non-hydrogen) atoms. The van der Waals surface area contributed by atoms with Crippen molar-refractivity contribution in [1.82, 2.24) is 0 Å². The summed E-state index contributed by atoms with van der Waals surface area (Å²) in [6.07, 6.45) is 2.07. The van der Waals surface area contributed by atoms with E-state index in [1.807, 2.05) is 11.8 Å². The molecule has 1 aromatic carbocycles. The molecule has 1 rings (SSSR count). The minimum atomic E-state index is -0.366. The molecule has 3 heteroatoms. The Labute approximate surface area is 140 Å². The van der Waals surface area contributed by atoms with E-state index >= 15 is 0 Å². The molecule has 0 aliphatic heterocycles. The molecule has 126 valence electrons. The van der Waals surface area contributed by atoms with Crippen LogP contribution in [0.5, 0.6) is 0 Å². The summed E-state index contributed by atoms with van der Waals surface area (Å²) < 4.78 is 5.79. The number of benzene rings is 1. The fourth-order valence-electron chi connectivity index (χ4n) is 2.61. The van der Waals surface area contributed by atoms with E-state index in [0.717, 1.165) is 11.5 Å². The monoisotopic (exact) mass is 324 g/mol. The molecule has 2 nitrogen and oxygen atoms in total. The molecule has 0 amide bonds. The van der Waals surface area contributed by atoms with Crippen molar-refractivity contribution in [3.05, 3.63) is 33.4 Å². The zero-order chi connectivity index (χ0) is 16.7. The van der Waals surface area contributed by atoms with E-state index in [1.54, 1.807) is 0 Å². The number of rotatable bonds is 9. The van der Waals surface area contributed by atoms with Crippen molar-refractivity contribution < 1.29 is 9.84 Å². The molecular formula is C19H32O2S. The highest BCUT2D eigenvalue weighted by Gasteiger charge is 2.13. The van der Waals surface area contributed by atoms with Gasteiger partial charge in [0.2, 0.25) is 0 Å². The van der Waals surface area contributed by atoms with Gasteiger partial charge in [0.15, 0.2) is 0 Å². The number of aliphatic hydroxyl groups excluding tert-OH is 1. The Morgan fingerprint density at radius 3 is 2.05 bits per heavy atom. The molecule has 0 heterocycles. The smallest absolute Gasteiger partial charge is 0.0863 e. The van der Waals surface area contributed by atoms with Crippen LogP contribution in [0.3, 0.4) is 0 Å². The standard InChI is InChI=1S/C19H32O2S/c1-7-8-9-22-12-18(20)10-21-11-19-16(5)14(3)13(2)15(4)17(19)6/h18,20H,7-12H2,1-6H3. The Hall–Kier alpha value is -0.510. The highest BCUT2D eigenvalue weighted by Crippen LogP contribution is 2.26. The van der Waals surface area contributed by atoms with Gasteiger partial charge in [0, 0.05) is 5.75 Å². The summed E-state index contributed by atoms with van der Waals surface area (Å²) in [6, 6.07) is 0. The summed E-state index contributed by atoms with van der Waals surface area (Å²) in [5.74, 6) is 1.89. The Bertz CT molecular complexity index is 454. The van der Waals surface area contributed by atoms with Crippen LogP contribution >= 0.6 is 11.8 Å². The minimum Gasteiger partial charge on any atom is -0.390 e. The maximum Gasteiger partial charge on any atom is 0.0863 e. The van der Waals surface area contributed by atoms with Crippen LogP contribution in [0.2, 0.25) is 0 Å². The van der Waals surface area contributed by atoms with Gasteiger partial charge in [0.25, 0.3) is 0 Å². The average Bonchev–Trinajstić information content (AvgIpc) is 2.51. The van der Waals surface area contributed by atoms with E-state index in [2.05, 4.69) is 41.5 Å². The third-order valence-electron chi connectivity index (χ3n) is 4.66. The lowest BCUT2D eigenvalue weighted by Crippen LogP contribution is -2.18. The molecule has 1 unspecified atom stereocenters. The predicted molar refractivity (Wildman–Crippen MR) is 98.0 cm³/mol. The van der Waals surface area contributed by atoms with Gasteiger partial charge >= 0.3 is 0 Å². The van der Waals surface area contributed by atoms with Gasteiger partial charge in [-0.2, -0.15) is 11.8 Å². The van der Waals surface area contributed by atoms with E-state index in [0.29, 0.717) is 13.2 Å². The van der Waals surface area contributed by atoms with Crippen LogP contribution in [-0.2, 0) is 11.3 Å². The quantitative estimate of drug-likeness (QED) is 0.671. The molecule has 1 atom stereocenters. The van der Waals surface area contributed by atoms with E-state index in [1.165, 1.54) is 46.2 Å². The highest BCUT2D eigenvalue weighted by molar-refractivity contribution is 7.99. The Morgan fingerprint density at radius 1 is 0.955 bits per heavy atom. The van der Waals surface area contributed by atoms with Gasteiger partial charge in [-0.05, 0) is 80.2 Å². The molecule has 1 N–H and O–H groups in total. The summed E-state index contributed by atoms with van der Waals surface area (Å²) >= 11 is 1.82. The second-order valence-electron chi connectivity index (χ2n) is 6.20. The van der Waals surface area contributed by atoms with Crippen LogP contribution in [0.4, 0.5) is 0 Å². The SMILES string of the molecule is CCCCSCC(O)COCc1c(C)c(C)c(C)c(C)c1C. The molecule has 0 aliphatic carbocycles. The molecule has 0 spiro atoms. The maximum absolute atomic E-state index is 9.97. The number of ether oxygens (including phenoxy) is 1. The average molecular weight is 325 g/mol. The Kier molecular flexibility index (Phi) is 8.52. The number of thioether (sulfide) groups is 1. The van der Waals surface area contributed by atoms with Crippen LogP contribution in [0.25, 0.3) is 0 Å². The first-order valence-electron chi connectivity index (χ1n) is 8.29. The van der Waals surface area contributed by atoms with Crippen molar-refractivity contribution in [2.45, 2.75) is 67.1 Å². The molecule has 0 saturated heterocycles. The van der Waals surface area contributed by atoms with Crippen LogP contribution in [-0.4, -0.2) is 29.3 Å². The topological polar surface area (TPSA) is 29.5 Å². The van der Waals surface area contributed by atoms with Gasteiger partial charge in [-0.25, -0.2) is 0 Å². The van der Waals surface area contributed by atoms with Gasteiger partial charge in [-0.15, -0.1) is 0 Å². The van der Waals surface area contributed by atoms with Crippen molar-refractivity contribution in [2.24, 2.45) is 0 Å². The summed E-state index contributed by atoms with van der Waals surface area (Å²) in [5.41, 5.74) is 8.03. The largest absolute Gasteiger partial charge is 0.390 e. The first-order valence-corrected chi connectivity index (χ1v) is 9.44.